The van der Waals surface area contributed by atoms with Gasteiger partial charge in [0.05, 0.1) is 5.56 Å². The summed E-state index contributed by atoms with van der Waals surface area (Å²) < 4.78 is 32.4. The molecule has 2 aromatic rings. The highest BCUT2D eigenvalue weighted by Crippen LogP contribution is 2.23. The number of rotatable bonds is 5. The van der Waals surface area contributed by atoms with E-state index < -0.39 is 35.3 Å². The zero-order chi connectivity index (χ0) is 20.3. The van der Waals surface area contributed by atoms with E-state index in [-0.39, 0.29) is 11.5 Å². The van der Waals surface area contributed by atoms with Gasteiger partial charge < -0.3 is 15.0 Å². The predicted octanol–water partition coefficient (Wildman–Crippen LogP) is 3.28. The van der Waals surface area contributed by atoms with Gasteiger partial charge in [-0.05, 0) is 43.7 Å². The van der Waals surface area contributed by atoms with Crippen molar-refractivity contribution in [2.24, 2.45) is 0 Å². The maximum atomic E-state index is 13.6. The van der Waals surface area contributed by atoms with Gasteiger partial charge in [-0.3, -0.25) is 9.59 Å². The molecule has 1 atom stereocenters. The fourth-order valence-electron chi connectivity index (χ4n) is 2.85. The van der Waals surface area contributed by atoms with Crippen LogP contribution in [0.15, 0.2) is 42.5 Å². The Bertz CT molecular complexity index is 912. The maximum absolute atomic E-state index is 13.6. The summed E-state index contributed by atoms with van der Waals surface area (Å²) in [6.45, 7) is 1.87. The van der Waals surface area contributed by atoms with Gasteiger partial charge in [0.1, 0.15) is 17.3 Å². The standard InChI is InChI=1S/C20H18F2N2O4/c1-12(19(26)23-18-15(21)7-3-8-16(18)22)28-20(27)13-5-2-6-14(11-13)24-10-4-9-17(24)25/h2-3,5-8,11-12H,4,9-10H2,1H3,(H,23,26). The second-order valence-electron chi connectivity index (χ2n) is 6.33. The van der Waals surface area contributed by atoms with Crippen molar-refractivity contribution >= 4 is 29.2 Å². The molecule has 0 saturated carbocycles. The van der Waals surface area contributed by atoms with Crippen molar-refractivity contribution in [3.63, 3.8) is 0 Å². The number of carbonyl (C=O) groups is 3. The molecular weight excluding hydrogens is 370 g/mol. The summed E-state index contributed by atoms with van der Waals surface area (Å²) in [5.41, 5.74) is 0.126. The van der Waals surface area contributed by atoms with Crippen LogP contribution in [0, 0.1) is 11.6 Å². The predicted molar refractivity (Wildman–Crippen MR) is 97.9 cm³/mol. The van der Waals surface area contributed by atoms with E-state index in [1.807, 2.05) is 0 Å². The Labute approximate surface area is 160 Å². The van der Waals surface area contributed by atoms with Gasteiger partial charge >= 0.3 is 5.97 Å². The number of nitrogens with one attached hydrogen (secondary N) is 1. The summed E-state index contributed by atoms with van der Waals surface area (Å²) in [5.74, 6) is -3.55. The van der Waals surface area contributed by atoms with Crippen molar-refractivity contribution in [2.45, 2.75) is 25.9 Å². The lowest BCUT2D eigenvalue weighted by Gasteiger charge is -2.17. The lowest BCUT2D eigenvalue weighted by atomic mass is 10.2. The number of esters is 1. The molecule has 1 N–H and O–H groups in total. The first-order valence-corrected chi connectivity index (χ1v) is 8.73. The molecule has 0 aromatic heterocycles. The number of para-hydroxylation sites is 1. The third-order valence-corrected chi connectivity index (χ3v) is 4.33. The van der Waals surface area contributed by atoms with Crippen LogP contribution in [0.2, 0.25) is 0 Å². The smallest absolute Gasteiger partial charge is 0.338 e. The third-order valence-electron chi connectivity index (χ3n) is 4.33. The van der Waals surface area contributed by atoms with E-state index in [4.69, 9.17) is 4.74 Å². The van der Waals surface area contributed by atoms with E-state index >= 15 is 0 Å². The monoisotopic (exact) mass is 388 g/mol. The molecule has 0 bridgehead atoms. The highest BCUT2D eigenvalue weighted by atomic mass is 19.1. The zero-order valence-corrected chi connectivity index (χ0v) is 15.1. The van der Waals surface area contributed by atoms with Crippen LogP contribution in [0.5, 0.6) is 0 Å². The van der Waals surface area contributed by atoms with Gasteiger partial charge in [0.25, 0.3) is 5.91 Å². The topological polar surface area (TPSA) is 75.7 Å². The molecule has 1 heterocycles. The lowest BCUT2D eigenvalue weighted by molar-refractivity contribution is -0.123. The molecule has 1 fully saturated rings. The average molecular weight is 388 g/mol. The van der Waals surface area contributed by atoms with Crippen molar-refractivity contribution in [1.29, 1.82) is 0 Å². The van der Waals surface area contributed by atoms with Gasteiger partial charge in [-0.1, -0.05) is 12.1 Å². The maximum Gasteiger partial charge on any atom is 0.338 e. The van der Waals surface area contributed by atoms with Crippen LogP contribution in [-0.4, -0.2) is 30.4 Å². The molecule has 6 nitrogen and oxygen atoms in total. The van der Waals surface area contributed by atoms with E-state index in [2.05, 4.69) is 5.32 Å². The van der Waals surface area contributed by atoms with Crippen LogP contribution in [0.1, 0.15) is 30.1 Å². The van der Waals surface area contributed by atoms with Crippen molar-refractivity contribution in [3.05, 3.63) is 59.7 Å². The Morgan fingerprint density at radius 3 is 2.46 bits per heavy atom. The number of hydrogen-bond donors (Lipinski definition) is 1. The Morgan fingerprint density at radius 2 is 1.82 bits per heavy atom. The quantitative estimate of drug-likeness (QED) is 0.798. The SMILES string of the molecule is CC(OC(=O)c1cccc(N2CCCC2=O)c1)C(=O)Nc1c(F)cccc1F. The van der Waals surface area contributed by atoms with Crippen molar-refractivity contribution in [3.8, 4) is 0 Å². The first kappa shape index (κ1) is 19.5. The van der Waals surface area contributed by atoms with Gasteiger partial charge in [0.15, 0.2) is 6.10 Å². The van der Waals surface area contributed by atoms with Gasteiger partial charge in [0, 0.05) is 18.7 Å². The number of carbonyl (C=O) groups excluding carboxylic acids is 3. The number of ether oxygens (including phenoxy) is 1. The van der Waals surface area contributed by atoms with Crippen molar-refractivity contribution in [2.75, 3.05) is 16.8 Å². The summed E-state index contributed by atoms with van der Waals surface area (Å²) in [7, 11) is 0. The van der Waals surface area contributed by atoms with E-state index in [0.717, 1.165) is 18.6 Å². The molecule has 1 saturated heterocycles. The first-order valence-electron chi connectivity index (χ1n) is 8.73. The Hall–Kier alpha value is -3.29. The molecule has 0 aliphatic carbocycles. The van der Waals surface area contributed by atoms with E-state index in [1.165, 1.54) is 25.1 Å². The fraction of sp³-hybridized carbons (Fsp3) is 0.250. The Kier molecular flexibility index (Phi) is 5.67. The molecule has 8 heteroatoms. The second kappa shape index (κ2) is 8.16. The number of hydrogen-bond acceptors (Lipinski definition) is 4. The largest absolute Gasteiger partial charge is 0.449 e. The van der Waals surface area contributed by atoms with Crippen LogP contribution in [0.4, 0.5) is 20.2 Å². The number of halogens is 2. The average Bonchev–Trinajstić information content (AvgIpc) is 3.10. The Morgan fingerprint density at radius 1 is 1.14 bits per heavy atom. The molecule has 0 spiro atoms. The van der Waals surface area contributed by atoms with Crippen LogP contribution in [0.25, 0.3) is 0 Å². The summed E-state index contributed by atoms with van der Waals surface area (Å²) in [5, 5.41) is 2.08. The Balaban J connectivity index is 1.67. The van der Waals surface area contributed by atoms with Gasteiger partial charge in [0.2, 0.25) is 5.91 Å². The summed E-state index contributed by atoms with van der Waals surface area (Å²) >= 11 is 0. The fourth-order valence-corrected chi connectivity index (χ4v) is 2.85. The second-order valence-corrected chi connectivity index (χ2v) is 6.33. The van der Waals surface area contributed by atoms with Gasteiger partial charge in [-0.15, -0.1) is 0 Å². The molecule has 28 heavy (non-hydrogen) atoms. The molecule has 1 aliphatic rings. The molecular formula is C20H18F2N2O4. The van der Waals surface area contributed by atoms with Crippen LogP contribution >= 0.6 is 0 Å². The lowest BCUT2D eigenvalue weighted by Crippen LogP contribution is -2.30. The van der Waals surface area contributed by atoms with E-state index in [0.29, 0.717) is 18.7 Å². The number of amides is 2. The van der Waals surface area contributed by atoms with Crippen molar-refractivity contribution < 1.29 is 27.9 Å². The van der Waals surface area contributed by atoms with Crippen LogP contribution < -0.4 is 10.2 Å². The summed E-state index contributed by atoms with van der Waals surface area (Å²) in [4.78, 5) is 37.9. The minimum Gasteiger partial charge on any atom is -0.449 e. The zero-order valence-electron chi connectivity index (χ0n) is 15.1. The molecule has 2 aromatic carbocycles. The van der Waals surface area contributed by atoms with Gasteiger partial charge in [-0.25, -0.2) is 13.6 Å². The third kappa shape index (κ3) is 4.16. The summed E-state index contributed by atoms with van der Waals surface area (Å²) in [6.07, 6.45) is -0.0842. The molecule has 3 rings (SSSR count). The van der Waals surface area contributed by atoms with Crippen LogP contribution in [-0.2, 0) is 14.3 Å². The highest BCUT2D eigenvalue weighted by molar-refractivity contribution is 5.99. The normalized spacial score (nSPS) is 14.7. The molecule has 2 amide bonds. The molecule has 1 aliphatic heterocycles. The minimum absolute atomic E-state index is 0.0230. The van der Waals surface area contributed by atoms with Gasteiger partial charge in [-0.2, -0.15) is 0 Å². The first-order chi connectivity index (χ1) is 13.4. The highest BCUT2D eigenvalue weighted by Gasteiger charge is 2.24. The van der Waals surface area contributed by atoms with E-state index in [1.54, 1.807) is 17.0 Å². The van der Waals surface area contributed by atoms with E-state index in [9.17, 15) is 23.2 Å². The summed E-state index contributed by atoms with van der Waals surface area (Å²) in [6, 6.07) is 9.48. The minimum atomic E-state index is -1.29. The van der Waals surface area contributed by atoms with Crippen LogP contribution in [0.3, 0.4) is 0 Å². The number of anilines is 2. The molecule has 0 radical (unpaired) electrons. The number of nitrogens with zero attached hydrogens (tertiary/aromatic N) is 1. The number of benzene rings is 2. The molecule has 146 valence electrons. The molecule has 1 unspecified atom stereocenters. The van der Waals surface area contributed by atoms with Crippen molar-refractivity contribution in [1.82, 2.24) is 0 Å².